The third-order valence-electron chi connectivity index (χ3n) is 2.12. The molecule has 0 aromatic heterocycles. The van der Waals surface area contributed by atoms with E-state index >= 15 is 0 Å². The zero-order valence-corrected chi connectivity index (χ0v) is 9.95. The van der Waals surface area contributed by atoms with Crippen molar-refractivity contribution in [2.24, 2.45) is 5.73 Å². The average molecular weight is 291 g/mol. The molecule has 0 aliphatic carbocycles. The standard InChI is InChI=1S/C10H14INO/c1-6-3-4-8(11)5-9(6)10(12)7(2)13/h3-5,7,10,13H,12H2,1-2H3. The Hall–Kier alpha value is -0.130. The third-order valence-corrected chi connectivity index (χ3v) is 2.79. The zero-order valence-electron chi connectivity index (χ0n) is 7.79. The lowest BCUT2D eigenvalue weighted by molar-refractivity contribution is 0.164. The minimum Gasteiger partial charge on any atom is -0.391 e. The number of rotatable bonds is 2. The van der Waals surface area contributed by atoms with E-state index in [1.807, 2.05) is 25.1 Å². The van der Waals surface area contributed by atoms with Crippen molar-refractivity contribution in [1.29, 1.82) is 0 Å². The number of hydrogen-bond donors (Lipinski definition) is 2. The summed E-state index contributed by atoms with van der Waals surface area (Å²) in [6, 6.07) is 5.80. The molecule has 0 aliphatic heterocycles. The Morgan fingerprint density at radius 3 is 2.62 bits per heavy atom. The molecule has 0 spiro atoms. The second-order valence-corrected chi connectivity index (χ2v) is 4.51. The summed E-state index contributed by atoms with van der Waals surface area (Å²) in [5, 5.41) is 9.36. The molecule has 1 rings (SSSR count). The van der Waals surface area contributed by atoms with E-state index < -0.39 is 6.10 Å². The minimum absolute atomic E-state index is 0.283. The normalized spacial score (nSPS) is 15.5. The van der Waals surface area contributed by atoms with E-state index in [2.05, 4.69) is 22.6 Å². The Kier molecular flexibility index (Phi) is 3.70. The van der Waals surface area contributed by atoms with Gasteiger partial charge in [0.2, 0.25) is 0 Å². The van der Waals surface area contributed by atoms with Gasteiger partial charge in [0.05, 0.1) is 12.1 Å². The van der Waals surface area contributed by atoms with Gasteiger partial charge in [-0.25, -0.2) is 0 Å². The topological polar surface area (TPSA) is 46.2 Å². The maximum atomic E-state index is 9.36. The fourth-order valence-electron chi connectivity index (χ4n) is 1.23. The van der Waals surface area contributed by atoms with Crippen molar-refractivity contribution in [3.8, 4) is 0 Å². The largest absolute Gasteiger partial charge is 0.391 e. The molecule has 0 saturated carbocycles. The Bertz CT molecular complexity index is 299. The third kappa shape index (κ3) is 2.65. The van der Waals surface area contributed by atoms with Crippen molar-refractivity contribution in [2.45, 2.75) is 26.0 Å². The Morgan fingerprint density at radius 1 is 1.46 bits per heavy atom. The van der Waals surface area contributed by atoms with E-state index in [0.29, 0.717) is 0 Å². The quantitative estimate of drug-likeness (QED) is 0.818. The van der Waals surface area contributed by atoms with E-state index in [0.717, 1.165) is 14.7 Å². The summed E-state index contributed by atoms with van der Waals surface area (Å²) in [4.78, 5) is 0. The molecule has 72 valence electrons. The fourth-order valence-corrected chi connectivity index (χ4v) is 1.75. The van der Waals surface area contributed by atoms with Crippen molar-refractivity contribution in [3.63, 3.8) is 0 Å². The first-order valence-electron chi connectivity index (χ1n) is 4.22. The van der Waals surface area contributed by atoms with Crippen LogP contribution in [0.1, 0.15) is 24.1 Å². The van der Waals surface area contributed by atoms with Gasteiger partial charge >= 0.3 is 0 Å². The summed E-state index contributed by atoms with van der Waals surface area (Å²) in [6.45, 7) is 3.72. The molecule has 2 nitrogen and oxygen atoms in total. The molecule has 0 amide bonds. The molecule has 0 aliphatic rings. The molecule has 0 saturated heterocycles. The van der Waals surface area contributed by atoms with Gasteiger partial charge in [0.15, 0.2) is 0 Å². The molecule has 2 atom stereocenters. The van der Waals surface area contributed by atoms with Crippen molar-refractivity contribution in [2.75, 3.05) is 0 Å². The molecule has 1 aromatic rings. The summed E-state index contributed by atoms with van der Waals surface area (Å²) in [7, 11) is 0. The van der Waals surface area contributed by atoms with Crippen molar-refractivity contribution in [1.82, 2.24) is 0 Å². The van der Waals surface area contributed by atoms with Gasteiger partial charge in [0.1, 0.15) is 0 Å². The first-order chi connectivity index (χ1) is 6.02. The number of aryl methyl sites for hydroxylation is 1. The smallest absolute Gasteiger partial charge is 0.0704 e. The van der Waals surface area contributed by atoms with Crippen molar-refractivity contribution in [3.05, 3.63) is 32.9 Å². The van der Waals surface area contributed by atoms with Crippen LogP contribution in [0.2, 0.25) is 0 Å². The van der Waals surface area contributed by atoms with Gasteiger partial charge < -0.3 is 10.8 Å². The van der Waals surface area contributed by atoms with Gasteiger partial charge in [-0.3, -0.25) is 0 Å². The number of nitrogens with two attached hydrogens (primary N) is 1. The van der Waals surface area contributed by atoms with Crippen molar-refractivity contribution < 1.29 is 5.11 Å². The predicted molar refractivity (Wildman–Crippen MR) is 62.5 cm³/mol. The maximum absolute atomic E-state index is 9.36. The number of benzene rings is 1. The van der Waals surface area contributed by atoms with Gasteiger partial charge in [0.25, 0.3) is 0 Å². The lowest BCUT2D eigenvalue weighted by atomic mass is 9.99. The van der Waals surface area contributed by atoms with Crippen molar-refractivity contribution >= 4 is 22.6 Å². The first kappa shape index (κ1) is 10.9. The van der Waals surface area contributed by atoms with Crippen LogP contribution in [0.4, 0.5) is 0 Å². The Balaban J connectivity index is 3.05. The Labute approximate surface area is 92.3 Å². The van der Waals surface area contributed by atoms with Gasteiger partial charge in [-0.1, -0.05) is 6.07 Å². The van der Waals surface area contributed by atoms with E-state index in [9.17, 15) is 5.11 Å². The highest BCUT2D eigenvalue weighted by atomic mass is 127. The highest BCUT2D eigenvalue weighted by molar-refractivity contribution is 14.1. The van der Waals surface area contributed by atoms with Crippen LogP contribution < -0.4 is 5.73 Å². The summed E-state index contributed by atoms with van der Waals surface area (Å²) < 4.78 is 1.15. The summed E-state index contributed by atoms with van der Waals surface area (Å²) in [6.07, 6.45) is -0.503. The molecule has 3 N–H and O–H groups in total. The number of aliphatic hydroxyl groups excluding tert-OH is 1. The molecule has 13 heavy (non-hydrogen) atoms. The lowest BCUT2D eigenvalue weighted by Crippen LogP contribution is -2.24. The molecule has 0 radical (unpaired) electrons. The molecular weight excluding hydrogens is 277 g/mol. The Morgan fingerprint density at radius 2 is 2.08 bits per heavy atom. The second-order valence-electron chi connectivity index (χ2n) is 3.27. The van der Waals surface area contributed by atoms with Crippen LogP contribution in [0.15, 0.2) is 18.2 Å². The van der Waals surface area contributed by atoms with Gasteiger partial charge in [0, 0.05) is 3.57 Å². The molecule has 0 heterocycles. The van der Waals surface area contributed by atoms with E-state index in [1.54, 1.807) is 6.92 Å². The lowest BCUT2D eigenvalue weighted by Gasteiger charge is -2.17. The molecule has 2 unspecified atom stereocenters. The first-order valence-corrected chi connectivity index (χ1v) is 5.30. The van der Waals surface area contributed by atoms with Crippen LogP contribution in [0, 0.1) is 10.5 Å². The maximum Gasteiger partial charge on any atom is 0.0704 e. The number of halogens is 1. The molecule has 1 aromatic carbocycles. The summed E-state index contributed by atoms with van der Waals surface area (Å²) in [5.74, 6) is 0. The van der Waals surface area contributed by atoms with Crippen LogP contribution >= 0.6 is 22.6 Å². The molecular formula is C10H14INO. The zero-order chi connectivity index (χ0) is 10.0. The fraction of sp³-hybridized carbons (Fsp3) is 0.400. The molecule has 0 fully saturated rings. The van der Waals surface area contributed by atoms with Gasteiger partial charge in [-0.15, -0.1) is 0 Å². The average Bonchev–Trinajstić information content (AvgIpc) is 2.08. The monoisotopic (exact) mass is 291 g/mol. The number of aliphatic hydroxyl groups is 1. The SMILES string of the molecule is Cc1ccc(I)cc1C(N)C(C)O. The van der Waals surface area contributed by atoms with Crippen LogP contribution in [-0.4, -0.2) is 11.2 Å². The van der Waals surface area contributed by atoms with E-state index in [-0.39, 0.29) is 6.04 Å². The molecule has 0 bridgehead atoms. The van der Waals surface area contributed by atoms with Gasteiger partial charge in [-0.05, 0) is 59.7 Å². The number of hydrogen-bond acceptors (Lipinski definition) is 2. The van der Waals surface area contributed by atoms with Crippen LogP contribution in [-0.2, 0) is 0 Å². The highest BCUT2D eigenvalue weighted by Gasteiger charge is 2.14. The minimum atomic E-state index is -0.503. The summed E-state index contributed by atoms with van der Waals surface area (Å²) in [5.41, 5.74) is 8.02. The van der Waals surface area contributed by atoms with E-state index in [1.165, 1.54) is 0 Å². The van der Waals surface area contributed by atoms with Gasteiger partial charge in [-0.2, -0.15) is 0 Å². The predicted octanol–water partition coefficient (Wildman–Crippen LogP) is 1.98. The highest BCUT2D eigenvalue weighted by Crippen LogP contribution is 2.20. The second kappa shape index (κ2) is 4.39. The van der Waals surface area contributed by atoms with Crippen LogP contribution in [0.5, 0.6) is 0 Å². The van der Waals surface area contributed by atoms with Crippen LogP contribution in [0.3, 0.4) is 0 Å². The molecule has 3 heteroatoms. The van der Waals surface area contributed by atoms with Crippen LogP contribution in [0.25, 0.3) is 0 Å². The summed E-state index contributed by atoms with van der Waals surface area (Å²) >= 11 is 2.24. The van der Waals surface area contributed by atoms with E-state index in [4.69, 9.17) is 5.73 Å².